The molecule has 0 spiro atoms. The summed E-state index contributed by atoms with van der Waals surface area (Å²) in [6.45, 7) is 3.64. The van der Waals surface area contributed by atoms with Crippen LogP contribution in [-0.2, 0) is 9.59 Å². The zero-order chi connectivity index (χ0) is 25.3. The van der Waals surface area contributed by atoms with Crippen molar-refractivity contribution in [2.24, 2.45) is 0 Å². The summed E-state index contributed by atoms with van der Waals surface area (Å²) in [5.74, 6) is -0.543. The van der Waals surface area contributed by atoms with Crippen LogP contribution in [0.1, 0.15) is 33.9 Å². The predicted molar refractivity (Wildman–Crippen MR) is 131 cm³/mol. The second-order valence-corrected chi connectivity index (χ2v) is 8.24. The third-order valence-corrected chi connectivity index (χ3v) is 6.15. The van der Waals surface area contributed by atoms with Crippen molar-refractivity contribution in [2.45, 2.75) is 19.9 Å². The Hall–Kier alpha value is -4.57. The van der Waals surface area contributed by atoms with Crippen molar-refractivity contribution in [3.05, 3.63) is 94.1 Å². The molecule has 7 heteroatoms. The van der Waals surface area contributed by atoms with E-state index in [1.807, 2.05) is 13.0 Å². The second-order valence-electron chi connectivity index (χ2n) is 8.24. The van der Waals surface area contributed by atoms with Gasteiger partial charge in [0.25, 0.3) is 11.7 Å². The molecular formula is C28H24N2O5. The van der Waals surface area contributed by atoms with Gasteiger partial charge in [0.05, 0.1) is 37.5 Å². The zero-order valence-electron chi connectivity index (χ0n) is 19.8. The van der Waals surface area contributed by atoms with Gasteiger partial charge >= 0.3 is 0 Å². The molecule has 1 amide bonds. The van der Waals surface area contributed by atoms with Crippen LogP contribution in [0.5, 0.6) is 11.5 Å². The summed E-state index contributed by atoms with van der Waals surface area (Å²) < 4.78 is 10.6. The van der Waals surface area contributed by atoms with Gasteiger partial charge in [0.2, 0.25) is 0 Å². The van der Waals surface area contributed by atoms with E-state index in [0.717, 1.165) is 5.56 Å². The van der Waals surface area contributed by atoms with Crippen LogP contribution < -0.4 is 14.4 Å². The number of hydrogen-bond donors (Lipinski definition) is 1. The van der Waals surface area contributed by atoms with Crippen LogP contribution in [0.4, 0.5) is 5.69 Å². The highest BCUT2D eigenvalue weighted by molar-refractivity contribution is 6.51. The third kappa shape index (κ3) is 4.11. The highest BCUT2D eigenvalue weighted by Gasteiger charge is 2.47. The van der Waals surface area contributed by atoms with Gasteiger partial charge < -0.3 is 14.6 Å². The molecule has 0 bridgehead atoms. The monoisotopic (exact) mass is 468 g/mol. The van der Waals surface area contributed by atoms with E-state index in [1.54, 1.807) is 81.8 Å². The minimum absolute atomic E-state index is 0.0165. The minimum atomic E-state index is -0.879. The Labute approximate surface area is 203 Å². The summed E-state index contributed by atoms with van der Waals surface area (Å²) in [6.07, 6.45) is 0. The maximum Gasteiger partial charge on any atom is 0.300 e. The molecule has 1 N–H and O–H groups in total. The number of aryl methyl sites for hydroxylation is 2. The lowest BCUT2D eigenvalue weighted by Crippen LogP contribution is -2.29. The number of aliphatic hydroxyl groups excluding tert-OH is 1. The van der Waals surface area contributed by atoms with Gasteiger partial charge in [0, 0.05) is 11.3 Å². The number of ketones is 1. The molecule has 1 fully saturated rings. The number of methoxy groups -OCH3 is 2. The van der Waals surface area contributed by atoms with E-state index in [9.17, 15) is 14.7 Å². The number of benzene rings is 3. The van der Waals surface area contributed by atoms with Crippen molar-refractivity contribution in [1.29, 1.82) is 5.26 Å². The van der Waals surface area contributed by atoms with Gasteiger partial charge in [-0.25, -0.2) is 0 Å². The van der Waals surface area contributed by atoms with E-state index < -0.39 is 17.7 Å². The molecule has 3 aromatic carbocycles. The number of amides is 1. The SMILES string of the molecule is COc1ccc(C2/C(=C(\O)c3cc(C)c(OC)cc3C)C(=O)C(=O)N2c2ccc(C#N)cc2)cc1. The number of aliphatic hydroxyl groups is 1. The summed E-state index contributed by atoms with van der Waals surface area (Å²) >= 11 is 0. The molecule has 1 heterocycles. The first-order valence-corrected chi connectivity index (χ1v) is 10.9. The minimum Gasteiger partial charge on any atom is -0.507 e. The molecule has 3 aromatic rings. The van der Waals surface area contributed by atoms with Gasteiger partial charge in [-0.15, -0.1) is 0 Å². The molecule has 0 aliphatic carbocycles. The van der Waals surface area contributed by atoms with Crippen molar-refractivity contribution in [3.63, 3.8) is 0 Å². The number of ether oxygens (including phenoxy) is 2. The third-order valence-electron chi connectivity index (χ3n) is 6.15. The number of carbonyl (C=O) groups excluding carboxylic acids is 2. The van der Waals surface area contributed by atoms with Gasteiger partial charge in [-0.3, -0.25) is 14.5 Å². The maximum absolute atomic E-state index is 13.3. The smallest absolute Gasteiger partial charge is 0.300 e. The number of carbonyl (C=O) groups is 2. The first-order chi connectivity index (χ1) is 16.8. The molecule has 1 saturated heterocycles. The second kappa shape index (κ2) is 9.35. The van der Waals surface area contributed by atoms with Crippen molar-refractivity contribution in [2.75, 3.05) is 19.1 Å². The molecule has 176 valence electrons. The number of nitrogens with zero attached hydrogens (tertiary/aromatic N) is 2. The fraction of sp³-hybridized carbons (Fsp3) is 0.179. The fourth-order valence-corrected chi connectivity index (χ4v) is 4.31. The van der Waals surface area contributed by atoms with Crippen LogP contribution in [0, 0.1) is 25.2 Å². The van der Waals surface area contributed by atoms with Gasteiger partial charge in [0.15, 0.2) is 0 Å². The standard InChI is InChI=1S/C28H24N2O5/c1-16-14-23(35-4)17(2)13-22(16)26(31)24-25(19-7-11-21(34-3)12-8-19)30(28(33)27(24)32)20-9-5-18(15-29)6-10-20/h5-14,25,31H,1-4H3/b26-24+. The summed E-state index contributed by atoms with van der Waals surface area (Å²) in [7, 11) is 3.11. The predicted octanol–water partition coefficient (Wildman–Crippen LogP) is 4.82. The van der Waals surface area contributed by atoms with E-state index in [-0.39, 0.29) is 11.3 Å². The number of anilines is 1. The Balaban J connectivity index is 1.95. The number of hydrogen-bond acceptors (Lipinski definition) is 6. The Morgan fingerprint density at radius 1 is 0.943 bits per heavy atom. The lowest BCUT2D eigenvalue weighted by atomic mass is 9.93. The Kier molecular flexibility index (Phi) is 6.30. The highest BCUT2D eigenvalue weighted by Crippen LogP contribution is 2.43. The van der Waals surface area contributed by atoms with E-state index in [1.165, 1.54) is 4.90 Å². The lowest BCUT2D eigenvalue weighted by molar-refractivity contribution is -0.132. The molecule has 7 nitrogen and oxygen atoms in total. The molecule has 0 saturated carbocycles. The van der Waals surface area contributed by atoms with Crippen molar-refractivity contribution in [3.8, 4) is 17.6 Å². The number of nitriles is 1. The first kappa shape index (κ1) is 23.6. The van der Waals surface area contributed by atoms with Crippen LogP contribution in [-0.4, -0.2) is 31.0 Å². The number of rotatable bonds is 5. The van der Waals surface area contributed by atoms with Crippen molar-refractivity contribution < 1.29 is 24.2 Å². The average molecular weight is 469 g/mol. The zero-order valence-corrected chi connectivity index (χ0v) is 19.8. The highest BCUT2D eigenvalue weighted by atomic mass is 16.5. The molecule has 1 aliphatic rings. The van der Waals surface area contributed by atoms with E-state index in [2.05, 4.69) is 0 Å². The number of Topliss-reactive ketones (excluding diaryl/α,β-unsaturated/α-hetero) is 1. The van der Waals surface area contributed by atoms with Gasteiger partial charge in [0.1, 0.15) is 17.3 Å². The molecular weight excluding hydrogens is 444 g/mol. The largest absolute Gasteiger partial charge is 0.507 e. The Morgan fingerprint density at radius 2 is 1.60 bits per heavy atom. The van der Waals surface area contributed by atoms with Crippen LogP contribution in [0.15, 0.2) is 66.2 Å². The molecule has 1 unspecified atom stereocenters. The summed E-state index contributed by atoms with van der Waals surface area (Å²) in [5.41, 5.74) is 3.39. The fourth-order valence-electron chi connectivity index (χ4n) is 4.31. The molecule has 4 rings (SSSR count). The summed E-state index contributed by atoms with van der Waals surface area (Å²) in [5, 5.41) is 20.6. The van der Waals surface area contributed by atoms with Crippen LogP contribution in [0.2, 0.25) is 0 Å². The van der Waals surface area contributed by atoms with Gasteiger partial charge in [-0.1, -0.05) is 12.1 Å². The van der Waals surface area contributed by atoms with Gasteiger partial charge in [-0.05, 0) is 79.1 Å². The van der Waals surface area contributed by atoms with Crippen LogP contribution >= 0.6 is 0 Å². The van der Waals surface area contributed by atoms with E-state index >= 15 is 0 Å². The molecule has 1 atom stereocenters. The Morgan fingerprint density at radius 3 is 2.17 bits per heavy atom. The normalized spacial score (nSPS) is 16.8. The van der Waals surface area contributed by atoms with Crippen LogP contribution in [0.25, 0.3) is 5.76 Å². The molecule has 1 aliphatic heterocycles. The molecule has 35 heavy (non-hydrogen) atoms. The van der Waals surface area contributed by atoms with E-state index in [4.69, 9.17) is 14.7 Å². The quantitative estimate of drug-likeness (QED) is 0.327. The first-order valence-electron chi connectivity index (χ1n) is 10.9. The molecule has 0 radical (unpaired) electrons. The van der Waals surface area contributed by atoms with Crippen molar-refractivity contribution >= 4 is 23.1 Å². The molecule has 0 aromatic heterocycles. The Bertz CT molecular complexity index is 1380. The lowest BCUT2D eigenvalue weighted by Gasteiger charge is -2.26. The van der Waals surface area contributed by atoms with Crippen molar-refractivity contribution in [1.82, 2.24) is 0 Å². The topological polar surface area (TPSA) is 99.9 Å². The van der Waals surface area contributed by atoms with Gasteiger partial charge in [-0.2, -0.15) is 5.26 Å². The average Bonchev–Trinajstić information content (AvgIpc) is 3.15. The summed E-state index contributed by atoms with van der Waals surface area (Å²) in [4.78, 5) is 28.0. The maximum atomic E-state index is 13.3. The van der Waals surface area contributed by atoms with Crippen LogP contribution in [0.3, 0.4) is 0 Å². The summed E-state index contributed by atoms with van der Waals surface area (Å²) in [6, 6.07) is 18.1. The van der Waals surface area contributed by atoms with E-state index in [0.29, 0.717) is 39.4 Å².